The van der Waals surface area contributed by atoms with E-state index < -0.39 is 5.60 Å². The summed E-state index contributed by atoms with van der Waals surface area (Å²) in [6.07, 6.45) is 2.89. The van der Waals surface area contributed by atoms with Crippen molar-refractivity contribution in [3.63, 3.8) is 0 Å². The molecule has 0 aliphatic carbocycles. The second-order valence-electron chi connectivity index (χ2n) is 5.09. The number of rotatable bonds is 10. The number of hydrogen-bond donors (Lipinski definition) is 2. The van der Waals surface area contributed by atoms with Crippen molar-refractivity contribution in [1.29, 1.82) is 0 Å². The van der Waals surface area contributed by atoms with Crippen molar-refractivity contribution >= 4 is 0 Å². The third-order valence-corrected chi connectivity index (χ3v) is 3.29. The minimum Gasteiger partial charge on any atom is -0.389 e. The molecular weight excluding hydrogens is 216 g/mol. The molecule has 0 saturated carbocycles. The Morgan fingerprint density at radius 2 is 2.06 bits per heavy atom. The van der Waals surface area contributed by atoms with Crippen molar-refractivity contribution in [2.24, 2.45) is 5.73 Å². The van der Waals surface area contributed by atoms with Crippen molar-refractivity contribution in [3.05, 3.63) is 0 Å². The maximum Gasteiger partial charge on any atom is 0.0741 e. The van der Waals surface area contributed by atoms with E-state index in [-0.39, 0.29) is 0 Å². The first-order chi connectivity index (χ1) is 7.96. The Kier molecular flexibility index (Phi) is 8.78. The van der Waals surface area contributed by atoms with Gasteiger partial charge in [-0.2, -0.15) is 0 Å². The number of aliphatic hydroxyl groups is 1. The molecule has 2 unspecified atom stereocenters. The molecule has 0 aromatic carbocycles. The van der Waals surface area contributed by atoms with Crippen molar-refractivity contribution in [2.45, 2.75) is 51.7 Å². The lowest BCUT2D eigenvalue weighted by Crippen LogP contribution is -2.37. The van der Waals surface area contributed by atoms with Gasteiger partial charge >= 0.3 is 0 Å². The van der Waals surface area contributed by atoms with Crippen LogP contribution in [0.2, 0.25) is 0 Å². The van der Waals surface area contributed by atoms with E-state index in [4.69, 9.17) is 10.5 Å². The maximum absolute atomic E-state index is 9.78. The third kappa shape index (κ3) is 7.71. The summed E-state index contributed by atoms with van der Waals surface area (Å²) in [6, 6.07) is 0.458. The molecule has 0 radical (unpaired) electrons. The zero-order chi connectivity index (χ0) is 13.3. The van der Waals surface area contributed by atoms with E-state index in [0.717, 1.165) is 39.0 Å². The van der Waals surface area contributed by atoms with E-state index in [1.54, 1.807) is 14.0 Å². The van der Waals surface area contributed by atoms with Gasteiger partial charge in [0.1, 0.15) is 0 Å². The predicted octanol–water partition coefficient (Wildman–Crippen LogP) is 1.22. The molecule has 0 spiro atoms. The maximum atomic E-state index is 9.78. The lowest BCUT2D eigenvalue weighted by molar-refractivity contribution is 0.0546. The lowest BCUT2D eigenvalue weighted by Gasteiger charge is -2.28. The fraction of sp³-hybridized carbons (Fsp3) is 1.00. The molecule has 17 heavy (non-hydrogen) atoms. The number of likely N-dealkylation sites (N-methyl/N-ethyl adjacent to an activating group) is 1. The second-order valence-corrected chi connectivity index (χ2v) is 5.09. The van der Waals surface area contributed by atoms with E-state index in [1.165, 1.54) is 0 Å². The highest BCUT2D eigenvalue weighted by Crippen LogP contribution is 2.12. The van der Waals surface area contributed by atoms with Crippen LogP contribution < -0.4 is 5.73 Å². The minimum atomic E-state index is -0.699. The van der Waals surface area contributed by atoms with Gasteiger partial charge in [-0.3, -0.25) is 4.90 Å². The quantitative estimate of drug-likeness (QED) is 0.569. The van der Waals surface area contributed by atoms with Gasteiger partial charge in [-0.1, -0.05) is 6.92 Å². The molecule has 0 amide bonds. The highest BCUT2D eigenvalue weighted by Gasteiger charge is 2.17. The van der Waals surface area contributed by atoms with Gasteiger partial charge in [-0.15, -0.1) is 0 Å². The molecule has 0 saturated heterocycles. The first-order valence-electron chi connectivity index (χ1n) is 6.62. The van der Waals surface area contributed by atoms with Crippen molar-refractivity contribution in [2.75, 3.05) is 33.4 Å². The van der Waals surface area contributed by atoms with Gasteiger partial charge in [0.25, 0.3) is 0 Å². The monoisotopic (exact) mass is 246 g/mol. The Bertz CT molecular complexity index is 186. The molecule has 0 aromatic rings. The summed E-state index contributed by atoms with van der Waals surface area (Å²) in [5.41, 5.74) is 4.79. The van der Waals surface area contributed by atoms with Crippen LogP contribution in [0.4, 0.5) is 0 Å². The van der Waals surface area contributed by atoms with Crippen LogP contribution in [0.1, 0.15) is 40.0 Å². The molecule has 0 fully saturated rings. The van der Waals surface area contributed by atoms with Gasteiger partial charge < -0.3 is 15.6 Å². The molecule has 2 atom stereocenters. The van der Waals surface area contributed by atoms with E-state index in [0.29, 0.717) is 12.6 Å². The average Bonchev–Trinajstić information content (AvgIpc) is 2.29. The Morgan fingerprint density at radius 3 is 2.53 bits per heavy atom. The highest BCUT2D eigenvalue weighted by atomic mass is 16.5. The summed E-state index contributed by atoms with van der Waals surface area (Å²) < 4.78 is 5.17. The zero-order valence-corrected chi connectivity index (χ0v) is 11.9. The fourth-order valence-corrected chi connectivity index (χ4v) is 1.96. The number of methoxy groups -OCH3 is 1. The first-order valence-corrected chi connectivity index (χ1v) is 6.62. The van der Waals surface area contributed by atoms with Crippen LogP contribution in [0, 0.1) is 0 Å². The SMILES string of the molecule is CCN(CCCCC(C)(O)CN)C(C)COC. The van der Waals surface area contributed by atoms with E-state index >= 15 is 0 Å². The molecule has 0 aliphatic heterocycles. The van der Waals surface area contributed by atoms with Gasteiger partial charge in [-0.05, 0) is 46.2 Å². The Hall–Kier alpha value is -0.160. The van der Waals surface area contributed by atoms with Crippen LogP contribution in [-0.2, 0) is 4.74 Å². The first kappa shape index (κ1) is 16.8. The van der Waals surface area contributed by atoms with Crippen LogP contribution in [0.25, 0.3) is 0 Å². The van der Waals surface area contributed by atoms with Crippen LogP contribution in [0.3, 0.4) is 0 Å². The van der Waals surface area contributed by atoms with Crippen LogP contribution in [0.15, 0.2) is 0 Å². The Balaban J connectivity index is 3.77. The summed E-state index contributed by atoms with van der Waals surface area (Å²) in [4.78, 5) is 2.40. The number of ether oxygens (including phenoxy) is 1. The minimum absolute atomic E-state index is 0.338. The number of nitrogens with two attached hydrogens (primary N) is 1. The van der Waals surface area contributed by atoms with Crippen molar-refractivity contribution < 1.29 is 9.84 Å². The fourth-order valence-electron chi connectivity index (χ4n) is 1.96. The molecule has 0 aromatic heterocycles. The average molecular weight is 246 g/mol. The van der Waals surface area contributed by atoms with Gasteiger partial charge in [0.15, 0.2) is 0 Å². The molecule has 4 nitrogen and oxygen atoms in total. The molecule has 4 heteroatoms. The normalized spacial score (nSPS) is 17.1. The smallest absolute Gasteiger partial charge is 0.0741 e. The molecule has 0 heterocycles. The summed E-state index contributed by atoms with van der Waals surface area (Å²) in [5, 5.41) is 9.78. The largest absolute Gasteiger partial charge is 0.389 e. The van der Waals surface area contributed by atoms with Gasteiger partial charge in [0.2, 0.25) is 0 Å². The standard InChI is InChI=1S/C13H30N2O2/c1-5-15(12(2)10-17-4)9-7-6-8-13(3,16)11-14/h12,16H,5-11,14H2,1-4H3. The van der Waals surface area contributed by atoms with E-state index in [1.807, 2.05) is 0 Å². The highest BCUT2D eigenvalue weighted by molar-refractivity contribution is 4.73. The number of unbranched alkanes of at least 4 members (excludes halogenated alkanes) is 1. The molecule has 104 valence electrons. The molecule has 0 bridgehead atoms. The van der Waals surface area contributed by atoms with Crippen LogP contribution >= 0.6 is 0 Å². The van der Waals surface area contributed by atoms with Gasteiger partial charge in [-0.25, -0.2) is 0 Å². The van der Waals surface area contributed by atoms with E-state index in [2.05, 4.69) is 18.7 Å². The topological polar surface area (TPSA) is 58.7 Å². The van der Waals surface area contributed by atoms with Crippen LogP contribution in [-0.4, -0.2) is 55.0 Å². The Labute approximate surface area is 106 Å². The number of nitrogens with zero attached hydrogens (tertiary/aromatic N) is 1. The predicted molar refractivity (Wildman–Crippen MR) is 72.1 cm³/mol. The van der Waals surface area contributed by atoms with E-state index in [9.17, 15) is 5.11 Å². The van der Waals surface area contributed by atoms with Crippen molar-refractivity contribution in [1.82, 2.24) is 4.90 Å². The Morgan fingerprint density at radius 1 is 1.41 bits per heavy atom. The summed E-state index contributed by atoms with van der Waals surface area (Å²) in [5.74, 6) is 0. The second kappa shape index (κ2) is 8.86. The molecule has 0 rings (SSSR count). The van der Waals surface area contributed by atoms with Gasteiger partial charge in [0.05, 0.1) is 12.2 Å². The summed E-state index contributed by atoms with van der Waals surface area (Å²) in [7, 11) is 1.74. The molecular formula is C13H30N2O2. The molecule has 3 N–H and O–H groups in total. The third-order valence-electron chi connectivity index (χ3n) is 3.29. The molecule has 0 aliphatic rings. The number of hydrogen-bond acceptors (Lipinski definition) is 4. The lowest BCUT2D eigenvalue weighted by atomic mass is 9.99. The summed E-state index contributed by atoms with van der Waals surface area (Å²) in [6.45, 7) is 9.36. The van der Waals surface area contributed by atoms with Gasteiger partial charge in [0, 0.05) is 19.7 Å². The zero-order valence-electron chi connectivity index (χ0n) is 11.9. The van der Waals surface area contributed by atoms with Crippen molar-refractivity contribution in [3.8, 4) is 0 Å². The summed E-state index contributed by atoms with van der Waals surface area (Å²) >= 11 is 0. The van der Waals surface area contributed by atoms with Crippen LogP contribution in [0.5, 0.6) is 0 Å².